The van der Waals surface area contributed by atoms with Gasteiger partial charge in [-0.25, -0.2) is 0 Å². The van der Waals surface area contributed by atoms with Gasteiger partial charge < -0.3 is 24.8 Å². The van der Waals surface area contributed by atoms with Gasteiger partial charge in [-0.05, 0) is 63.9 Å². The number of hydrogen-bond donors (Lipinski definition) is 1. The van der Waals surface area contributed by atoms with Gasteiger partial charge in [-0.2, -0.15) is 0 Å². The number of likely N-dealkylation sites (tertiary alicyclic amines) is 1. The lowest BCUT2D eigenvalue weighted by Crippen LogP contribution is -2.52. The van der Waals surface area contributed by atoms with Crippen LogP contribution < -0.4 is 15.0 Å². The van der Waals surface area contributed by atoms with Crippen molar-refractivity contribution >= 4 is 11.6 Å². The van der Waals surface area contributed by atoms with E-state index in [0.29, 0.717) is 0 Å². The van der Waals surface area contributed by atoms with Gasteiger partial charge in [0.25, 0.3) is 0 Å². The minimum Gasteiger partial charge on any atom is -0.495 e. The van der Waals surface area contributed by atoms with Gasteiger partial charge in [-0.1, -0.05) is 19.1 Å². The van der Waals surface area contributed by atoms with Crippen LogP contribution in [0.3, 0.4) is 0 Å². The predicted octanol–water partition coefficient (Wildman–Crippen LogP) is 2.90. The number of methoxy groups -OCH3 is 1. The number of benzene rings is 1. The zero-order chi connectivity index (χ0) is 20.5. The van der Waals surface area contributed by atoms with Crippen LogP contribution in [0.15, 0.2) is 29.3 Å². The summed E-state index contributed by atoms with van der Waals surface area (Å²) in [5, 5.41) is 3.52. The largest absolute Gasteiger partial charge is 0.495 e. The fraction of sp³-hybridized carbons (Fsp3) is 0.696. The third-order valence-corrected chi connectivity index (χ3v) is 6.09. The molecule has 0 atom stereocenters. The molecular weight excluding hydrogens is 362 g/mol. The Morgan fingerprint density at radius 1 is 1.07 bits per heavy atom. The molecule has 0 bridgehead atoms. The quantitative estimate of drug-likeness (QED) is 0.562. The first kappa shape index (κ1) is 21.8. The summed E-state index contributed by atoms with van der Waals surface area (Å²) < 4.78 is 5.55. The normalized spacial score (nSPS) is 19.5. The average molecular weight is 402 g/mol. The molecule has 0 unspecified atom stereocenters. The van der Waals surface area contributed by atoms with E-state index < -0.39 is 0 Å². The smallest absolute Gasteiger partial charge is 0.194 e. The number of para-hydroxylation sites is 2. The molecular formula is C23H39N5O. The van der Waals surface area contributed by atoms with E-state index in [1.807, 2.05) is 12.1 Å². The minimum absolute atomic E-state index is 0.728. The van der Waals surface area contributed by atoms with E-state index in [-0.39, 0.29) is 0 Å². The van der Waals surface area contributed by atoms with Crippen LogP contribution in [0.1, 0.15) is 33.1 Å². The van der Waals surface area contributed by atoms with Gasteiger partial charge in [-0.3, -0.25) is 4.99 Å². The first-order valence-corrected chi connectivity index (χ1v) is 11.4. The SMILES string of the molecule is CCCN1CCC(CN=C(NCC)N2CCN(c3ccccc3OC)CC2)CC1. The molecule has 29 heavy (non-hydrogen) atoms. The number of guanidine groups is 1. The Hall–Kier alpha value is -1.95. The van der Waals surface area contributed by atoms with Crippen molar-refractivity contribution in [3.8, 4) is 5.75 Å². The molecule has 2 aliphatic rings. The molecule has 0 aliphatic carbocycles. The number of aliphatic imine (C=N–C) groups is 1. The van der Waals surface area contributed by atoms with Crippen molar-refractivity contribution in [1.82, 2.24) is 15.1 Å². The molecule has 6 heteroatoms. The third kappa shape index (κ3) is 6.01. The topological polar surface area (TPSA) is 43.3 Å². The van der Waals surface area contributed by atoms with Crippen molar-refractivity contribution in [3.63, 3.8) is 0 Å². The number of anilines is 1. The Bertz CT molecular complexity index is 634. The number of rotatable bonds is 7. The van der Waals surface area contributed by atoms with Crippen molar-refractivity contribution < 1.29 is 4.74 Å². The second kappa shape index (κ2) is 11.3. The highest BCUT2D eigenvalue weighted by atomic mass is 16.5. The van der Waals surface area contributed by atoms with Crippen molar-refractivity contribution in [2.75, 3.05) is 70.9 Å². The van der Waals surface area contributed by atoms with Gasteiger partial charge >= 0.3 is 0 Å². The fourth-order valence-corrected chi connectivity index (χ4v) is 4.40. The second-order valence-electron chi connectivity index (χ2n) is 8.13. The third-order valence-electron chi connectivity index (χ3n) is 6.09. The number of piperazine rings is 1. The van der Waals surface area contributed by atoms with E-state index in [1.54, 1.807) is 7.11 Å². The van der Waals surface area contributed by atoms with Gasteiger partial charge in [-0.15, -0.1) is 0 Å². The molecule has 0 saturated carbocycles. The molecule has 0 amide bonds. The van der Waals surface area contributed by atoms with E-state index in [0.717, 1.165) is 56.9 Å². The molecule has 6 nitrogen and oxygen atoms in total. The molecule has 0 spiro atoms. The maximum Gasteiger partial charge on any atom is 0.194 e. The number of ether oxygens (including phenoxy) is 1. The molecule has 0 radical (unpaired) electrons. The summed E-state index contributed by atoms with van der Waals surface area (Å²) in [4.78, 5) is 12.5. The Labute approximate surface area is 176 Å². The van der Waals surface area contributed by atoms with E-state index in [2.05, 4.69) is 46.0 Å². The zero-order valence-electron chi connectivity index (χ0n) is 18.6. The number of hydrogen-bond acceptors (Lipinski definition) is 4. The summed E-state index contributed by atoms with van der Waals surface area (Å²) in [7, 11) is 1.75. The monoisotopic (exact) mass is 401 g/mol. The summed E-state index contributed by atoms with van der Waals surface area (Å²) in [6.07, 6.45) is 3.82. The van der Waals surface area contributed by atoms with Crippen molar-refractivity contribution in [3.05, 3.63) is 24.3 Å². The van der Waals surface area contributed by atoms with Crippen molar-refractivity contribution in [2.24, 2.45) is 10.9 Å². The van der Waals surface area contributed by atoms with E-state index in [4.69, 9.17) is 9.73 Å². The van der Waals surface area contributed by atoms with Crippen molar-refractivity contribution in [2.45, 2.75) is 33.1 Å². The Kier molecular flexibility index (Phi) is 8.47. The molecule has 1 aromatic carbocycles. The summed E-state index contributed by atoms with van der Waals surface area (Å²) in [5.74, 6) is 2.77. The standard InChI is InChI=1S/C23H39N5O/c1-4-12-26-13-10-20(11-14-26)19-25-23(24-5-2)28-17-15-27(16-18-28)21-8-6-7-9-22(21)29-3/h6-9,20H,4-5,10-19H2,1-3H3,(H,24,25). The van der Waals surface area contributed by atoms with Crippen molar-refractivity contribution in [1.29, 1.82) is 0 Å². The fourth-order valence-electron chi connectivity index (χ4n) is 4.40. The van der Waals surface area contributed by atoms with Gasteiger partial charge in [0.15, 0.2) is 5.96 Å². The predicted molar refractivity (Wildman–Crippen MR) is 122 cm³/mol. The second-order valence-corrected chi connectivity index (χ2v) is 8.13. The molecule has 1 N–H and O–H groups in total. The number of nitrogens with zero attached hydrogens (tertiary/aromatic N) is 4. The van der Waals surface area contributed by atoms with Gasteiger partial charge in [0.05, 0.1) is 12.8 Å². The Morgan fingerprint density at radius 3 is 2.45 bits per heavy atom. The molecule has 1 aromatic rings. The molecule has 2 heterocycles. The Morgan fingerprint density at radius 2 is 1.79 bits per heavy atom. The van der Waals surface area contributed by atoms with E-state index >= 15 is 0 Å². The van der Waals surface area contributed by atoms with Gasteiger partial charge in [0.1, 0.15) is 5.75 Å². The number of nitrogens with one attached hydrogen (secondary N) is 1. The number of piperidine rings is 1. The van der Waals surface area contributed by atoms with Crippen LogP contribution in [-0.2, 0) is 0 Å². The summed E-state index contributed by atoms with van der Waals surface area (Å²) in [5.41, 5.74) is 1.19. The summed E-state index contributed by atoms with van der Waals surface area (Å²) in [6.45, 7) is 14.0. The first-order valence-electron chi connectivity index (χ1n) is 11.4. The molecule has 2 saturated heterocycles. The molecule has 162 valence electrons. The van der Waals surface area contributed by atoms with Crippen LogP contribution in [0.2, 0.25) is 0 Å². The highest BCUT2D eigenvalue weighted by Gasteiger charge is 2.23. The Balaban J connectivity index is 1.53. The average Bonchev–Trinajstić information content (AvgIpc) is 2.78. The maximum absolute atomic E-state index is 5.55. The van der Waals surface area contributed by atoms with Crippen LogP contribution in [0.25, 0.3) is 0 Å². The molecule has 0 aromatic heterocycles. The highest BCUT2D eigenvalue weighted by molar-refractivity contribution is 5.80. The zero-order valence-corrected chi connectivity index (χ0v) is 18.6. The lowest BCUT2D eigenvalue weighted by atomic mass is 9.97. The van der Waals surface area contributed by atoms with Gasteiger partial charge in [0, 0.05) is 39.3 Å². The van der Waals surface area contributed by atoms with Crippen LogP contribution >= 0.6 is 0 Å². The molecule has 2 fully saturated rings. The minimum atomic E-state index is 0.728. The van der Waals surface area contributed by atoms with Crippen LogP contribution in [0.4, 0.5) is 5.69 Å². The molecule has 2 aliphatic heterocycles. The van der Waals surface area contributed by atoms with Gasteiger partial charge in [0.2, 0.25) is 0 Å². The van der Waals surface area contributed by atoms with E-state index in [9.17, 15) is 0 Å². The first-order chi connectivity index (χ1) is 14.2. The highest BCUT2D eigenvalue weighted by Crippen LogP contribution is 2.28. The maximum atomic E-state index is 5.55. The molecule has 3 rings (SSSR count). The summed E-state index contributed by atoms with van der Waals surface area (Å²) >= 11 is 0. The van der Waals surface area contributed by atoms with Crippen LogP contribution in [-0.4, -0.2) is 81.8 Å². The van der Waals surface area contributed by atoms with Crippen LogP contribution in [0.5, 0.6) is 5.75 Å². The lowest BCUT2D eigenvalue weighted by molar-refractivity contribution is 0.188. The lowest BCUT2D eigenvalue weighted by Gasteiger charge is -2.38. The summed E-state index contributed by atoms with van der Waals surface area (Å²) in [6, 6.07) is 8.31. The van der Waals surface area contributed by atoms with E-state index in [1.165, 1.54) is 44.6 Å². The van der Waals surface area contributed by atoms with Crippen LogP contribution in [0, 0.1) is 5.92 Å².